The molecule has 1 saturated heterocycles. The third kappa shape index (κ3) is 12.3. The number of carbonyl (C=O) groups is 1. The molecule has 0 aromatic heterocycles. The average Bonchev–Trinajstić information content (AvgIpc) is 3.54. The Morgan fingerprint density at radius 2 is 1.73 bits per heavy atom. The molecule has 3 heteroatoms. The summed E-state index contributed by atoms with van der Waals surface area (Å²) in [5.41, 5.74) is 4.10. The Morgan fingerprint density at radius 3 is 2.27 bits per heavy atom. The van der Waals surface area contributed by atoms with Crippen LogP contribution in [0.1, 0.15) is 109 Å². The van der Waals surface area contributed by atoms with E-state index in [1.807, 2.05) is 32.0 Å². The number of carbonyl (C=O) groups excluding carboxylic acids is 1. The van der Waals surface area contributed by atoms with Crippen molar-refractivity contribution in [2.24, 2.45) is 5.92 Å². The lowest BCUT2D eigenvalue weighted by Gasteiger charge is -2.24. The minimum Gasteiger partial charge on any atom is -0.493 e. The Hall–Kier alpha value is -2.13. The number of ether oxygens (including phenoxy) is 1. The molecule has 3 nitrogen and oxygen atoms in total. The van der Waals surface area contributed by atoms with Crippen LogP contribution in [0, 0.1) is 12.8 Å². The van der Waals surface area contributed by atoms with Crippen LogP contribution in [0.15, 0.2) is 48.5 Å². The van der Waals surface area contributed by atoms with Crippen molar-refractivity contribution in [3.8, 4) is 5.75 Å². The number of rotatable bonds is 9. The minimum absolute atomic E-state index is 0.552. The van der Waals surface area contributed by atoms with Crippen LogP contribution in [0.5, 0.6) is 5.75 Å². The Balaban J connectivity index is 0.000000402. The van der Waals surface area contributed by atoms with Gasteiger partial charge in [0.1, 0.15) is 12.0 Å². The van der Waals surface area contributed by atoms with Gasteiger partial charge in [-0.2, -0.15) is 0 Å². The second-order valence-electron chi connectivity index (χ2n) is 10.3. The first-order valence-corrected chi connectivity index (χ1v) is 15.0. The van der Waals surface area contributed by atoms with E-state index in [9.17, 15) is 4.79 Å². The highest BCUT2D eigenvalue weighted by Crippen LogP contribution is 2.37. The number of aryl methyl sites for hydroxylation is 1. The van der Waals surface area contributed by atoms with Gasteiger partial charge in [-0.15, -0.1) is 0 Å². The molecule has 2 aliphatic rings. The Kier molecular flexibility index (Phi) is 17.7. The largest absolute Gasteiger partial charge is 0.493 e. The van der Waals surface area contributed by atoms with Crippen LogP contribution in [0.2, 0.25) is 0 Å². The first kappa shape index (κ1) is 32.9. The molecule has 0 radical (unpaired) electrons. The van der Waals surface area contributed by atoms with Crippen molar-refractivity contribution in [3.63, 3.8) is 0 Å². The summed E-state index contributed by atoms with van der Waals surface area (Å²) in [6.45, 7) is 17.5. The van der Waals surface area contributed by atoms with Crippen molar-refractivity contribution >= 4 is 6.29 Å². The Morgan fingerprint density at radius 1 is 1.03 bits per heavy atom. The fourth-order valence-corrected chi connectivity index (χ4v) is 5.21. The SMILES string of the molecule is CC.CCCC(C)C[C@H]1C[C@@H](c2ccc3c(c2)CCO3)CN1CC=O.CCCCC.Cc1ccccc1. The summed E-state index contributed by atoms with van der Waals surface area (Å²) in [5, 5.41) is 0. The minimum atomic E-state index is 0.552. The Bertz CT molecular complexity index is 833. The molecule has 208 valence electrons. The summed E-state index contributed by atoms with van der Waals surface area (Å²) >= 11 is 0. The number of unbranched alkanes of at least 4 members (excludes halogenated alkanes) is 2. The molecule has 0 aliphatic carbocycles. The number of hydrogen-bond acceptors (Lipinski definition) is 3. The molecule has 3 atom stereocenters. The molecule has 2 aromatic carbocycles. The smallest absolute Gasteiger partial charge is 0.133 e. The fraction of sp³-hybridized carbons (Fsp3) is 0.618. The lowest BCUT2D eigenvalue weighted by atomic mass is 9.90. The third-order valence-electron chi connectivity index (χ3n) is 7.13. The van der Waals surface area contributed by atoms with E-state index in [2.05, 4.69) is 69.9 Å². The normalized spacial score (nSPS) is 18.6. The topological polar surface area (TPSA) is 29.5 Å². The van der Waals surface area contributed by atoms with Crippen LogP contribution in [-0.2, 0) is 11.2 Å². The van der Waals surface area contributed by atoms with Crippen molar-refractivity contribution in [1.29, 1.82) is 0 Å². The van der Waals surface area contributed by atoms with E-state index in [4.69, 9.17) is 4.74 Å². The van der Waals surface area contributed by atoms with E-state index in [0.717, 1.165) is 37.5 Å². The number of fused-ring (bicyclic) bond motifs is 1. The van der Waals surface area contributed by atoms with Crippen LogP contribution < -0.4 is 4.74 Å². The molecule has 2 aliphatic heterocycles. The predicted octanol–water partition coefficient (Wildman–Crippen LogP) is 9.02. The highest BCUT2D eigenvalue weighted by atomic mass is 16.5. The van der Waals surface area contributed by atoms with E-state index < -0.39 is 0 Å². The zero-order chi connectivity index (χ0) is 27.5. The lowest BCUT2D eigenvalue weighted by molar-refractivity contribution is -0.109. The first-order valence-electron chi connectivity index (χ1n) is 15.0. The van der Waals surface area contributed by atoms with Crippen molar-refractivity contribution < 1.29 is 9.53 Å². The van der Waals surface area contributed by atoms with Gasteiger partial charge >= 0.3 is 0 Å². The molecular formula is C34H55NO2. The molecule has 0 saturated carbocycles. The summed E-state index contributed by atoms with van der Waals surface area (Å²) in [4.78, 5) is 13.5. The van der Waals surface area contributed by atoms with Crippen LogP contribution >= 0.6 is 0 Å². The summed E-state index contributed by atoms with van der Waals surface area (Å²) in [5.74, 6) is 2.36. The maximum Gasteiger partial charge on any atom is 0.133 e. The van der Waals surface area contributed by atoms with Gasteiger partial charge in [0, 0.05) is 19.0 Å². The van der Waals surface area contributed by atoms with Gasteiger partial charge < -0.3 is 9.53 Å². The highest BCUT2D eigenvalue weighted by Gasteiger charge is 2.33. The van der Waals surface area contributed by atoms with Gasteiger partial charge in [0.05, 0.1) is 13.2 Å². The average molecular weight is 510 g/mol. The molecule has 0 N–H and O–H groups in total. The van der Waals surface area contributed by atoms with Gasteiger partial charge in [-0.25, -0.2) is 0 Å². The van der Waals surface area contributed by atoms with Crippen LogP contribution in [0.4, 0.5) is 0 Å². The van der Waals surface area contributed by atoms with Gasteiger partial charge in [0.15, 0.2) is 0 Å². The zero-order valence-electron chi connectivity index (χ0n) is 25.0. The zero-order valence-corrected chi connectivity index (χ0v) is 25.0. The van der Waals surface area contributed by atoms with E-state index in [1.165, 1.54) is 61.6 Å². The molecule has 0 spiro atoms. The van der Waals surface area contributed by atoms with Crippen LogP contribution in [0.25, 0.3) is 0 Å². The maximum atomic E-state index is 11.1. The summed E-state index contributed by atoms with van der Waals surface area (Å²) in [6, 6.07) is 17.5. The van der Waals surface area contributed by atoms with Gasteiger partial charge in [-0.3, -0.25) is 4.90 Å². The van der Waals surface area contributed by atoms with Crippen molar-refractivity contribution in [2.45, 2.75) is 112 Å². The monoisotopic (exact) mass is 509 g/mol. The number of aldehydes is 1. The van der Waals surface area contributed by atoms with Gasteiger partial charge in [0.2, 0.25) is 0 Å². The molecule has 1 fully saturated rings. The number of likely N-dealkylation sites (tertiary alicyclic amines) is 1. The molecule has 37 heavy (non-hydrogen) atoms. The highest BCUT2D eigenvalue weighted by molar-refractivity contribution is 5.52. The van der Waals surface area contributed by atoms with E-state index >= 15 is 0 Å². The summed E-state index contributed by atoms with van der Waals surface area (Å²) < 4.78 is 5.62. The number of benzene rings is 2. The van der Waals surface area contributed by atoms with Crippen molar-refractivity contribution in [1.82, 2.24) is 4.90 Å². The molecule has 1 unspecified atom stereocenters. The first-order chi connectivity index (χ1) is 18.0. The second kappa shape index (κ2) is 19.9. The summed E-state index contributed by atoms with van der Waals surface area (Å²) in [6.07, 6.45) is 11.1. The molecule has 4 rings (SSSR count). The van der Waals surface area contributed by atoms with Crippen molar-refractivity contribution in [2.75, 3.05) is 19.7 Å². The maximum absolute atomic E-state index is 11.1. The standard InChI is InChI=1S/C20H29NO2.C7H8.C5H12.C2H6/c1-3-4-15(2)11-19-13-18(14-21(19)8-9-22)16-5-6-20-17(12-16)7-10-23-20;1-7-5-3-2-4-6-7;1-3-5-4-2;1-2/h5-6,9,12,15,18-19H,3-4,7-8,10-11,13-14H2,1-2H3;2-6H,1H3;3-5H2,1-2H3;1-2H3/t15?,18-,19+;;;/m1.../s1. The predicted molar refractivity (Wildman–Crippen MR) is 161 cm³/mol. The molecule has 2 heterocycles. The van der Waals surface area contributed by atoms with E-state index in [0.29, 0.717) is 18.5 Å². The van der Waals surface area contributed by atoms with E-state index in [1.54, 1.807) is 0 Å². The second-order valence-corrected chi connectivity index (χ2v) is 10.3. The number of hydrogen-bond donors (Lipinski definition) is 0. The molecule has 2 aromatic rings. The van der Waals surface area contributed by atoms with Gasteiger partial charge in [-0.05, 0) is 48.8 Å². The van der Waals surface area contributed by atoms with Crippen molar-refractivity contribution in [3.05, 3.63) is 65.2 Å². The van der Waals surface area contributed by atoms with Gasteiger partial charge in [-0.1, -0.05) is 122 Å². The molecule has 0 bridgehead atoms. The van der Waals surface area contributed by atoms with Gasteiger partial charge in [0.25, 0.3) is 0 Å². The third-order valence-corrected chi connectivity index (χ3v) is 7.13. The van der Waals surface area contributed by atoms with Crippen LogP contribution in [-0.4, -0.2) is 36.9 Å². The van der Waals surface area contributed by atoms with Crippen LogP contribution in [0.3, 0.4) is 0 Å². The number of nitrogens with zero attached hydrogens (tertiary/aromatic N) is 1. The fourth-order valence-electron chi connectivity index (χ4n) is 5.21. The summed E-state index contributed by atoms with van der Waals surface area (Å²) in [7, 11) is 0. The molecule has 0 amide bonds. The quantitative estimate of drug-likeness (QED) is 0.316. The Labute approximate surface area is 229 Å². The lowest BCUT2D eigenvalue weighted by Crippen LogP contribution is -2.32. The van der Waals surface area contributed by atoms with E-state index in [-0.39, 0.29) is 0 Å². The molecular weight excluding hydrogens is 454 g/mol.